The van der Waals surface area contributed by atoms with Crippen molar-refractivity contribution >= 4 is 0 Å². The van der Waals surface area contributed by atoms with Gasteiger partial charge in [-0.15, -0.1) is 0 Å². The normalized spacial score (nSPS) is 17.0. The quantitative estimate of drug-likeness (QED) is 0.938. The second kappa shape index (κ2) is 7.11. The molecule has 0 aromatic heterocycles. The Kier molecular flexibility index (Phi) is 4.94. The maximum atomic E-state index is 13.9. The van der Waals surface area contributed by atoms with E-state index >= 15 is 0 Å². The lowest BCUT2D eigenvalue weighted by atomic mass is 9.92. The largest absolute Gasteiger partial charge is 0.496 e. The van der Waals surface area contributed by atoms with Crippen LogP contribution in [0.2, 0.25) is 0 Å². The first-order valence-corrected chi connectivity index (χ1v) is 8.04. The van der Waals surface area contributed by atoms with Crippen molar-refractivity contribution in [1.82, 2.24) is 10.2 Å². The van der Waals surface area contributed by atoms with E-state index in [4.69, 9.17) is 4.74 Å². The number of hydrogen-bond acceptors (Lipinski definition) is 3. The van der Waals surface area contributed by atoms with E-state index in [0.717, 1.165) is 37.5 Å². The van der Waals surface area contributed by atoms with Crippen LogP contribution < -0.4 is 10.1 Å². The summed E-state index contributed by atoms with van der Waals surface area (Å²) in [5.74, 6) is 0.507. The molecule has 1 unspecified atom stereocenters. The monoisotopic (exact) mass is 314 g/mol. The van der Waals surface area contributed by atoms with Crippen LogP contribution in [0, 0.1) is 12.7 Å². The maximum absolute atomic E-state index is 13.9. The summed E-state index contributed by atoms with van der Waals surface area (Å²) in [6, 6.07) is 13.1. The molecule has 2 aromatic rings. The van der Waals surface area contributed by atoms with Gasteiger partial charge in [-0.1, -0.05) is 24.3 Å². The first-order valence-electron chi connectivity index (χ1n) is 8.04. The second-order valence-corrected chi connectivity index (χ2v) is 5.93. The number of rotatable bonds is 4. The van der Waals surface area contributed by atoms with Gasteiger partial charge >= 0.3 is 0 Å². The molecule has 122 valence electrons. The lowest BCUT2D eigenvalue weighted by Crippen LogP contribution is -2.45. The fraction of sp³-hybridized carbons (Fsp3) is 0.368. The van der Waals surface area contributed by atoms with E-state index < -0.39 is 0 Å². The second-order valence-electron chi connectivity index (χ2n) is 5.93. The molecule has 23 heavy (non-hydrogen) atoms. The smallest absolute Gasteiger partial charge is 0.124 e. The van der Waals surface area contributed by atoms with Crippen LogP contribution in [0.15, 0.2) is 42.5 Å². The summed E-state index contributed by atoms with van der Waals surface area (Å²) in [4.78, 5) is 2.40. The maximum Gasteiger partial charge on any atom is 0.124 e. The summed E-state index contributed by atoms with van der Waals surface area (Å²) in [5.41, 5.74) is 3.31. The van der Waals surface area contributed by atoms with Crippen molar-refractivity contribution in [2.45, 2.75) is 13.0 Å². The minimum Gasteiger partial charge on any atom is -0.496 e. The number of halogens is 1. The SMILES string of the molecule is COc1ccc(F)cc1C(c1ccccc1C)N1CCNCC1. The molecule has 0 saturated carbocycles. The van der Waals surface area contributed by atoms with Crippen LogP contribution in [0.4, 0.5) is 4.39 Å². The fourth-order valence-electron chi connectivity index (χ4n) is 3.31. The third kappa shape index (κ3) is 3.38. The number of benzene rings is 2. The Balaban J connectivity index is 2.12. The van der Waals surface area contributed by atoms with Gasteiger partial charge in [0.2, 0.25) is 0 Å². The Morgan fingerprint density at radius 3 is 2.52 bits per heavy atom. The Morgan fingerprint density at radius 2 is 1.83 bits per heavy atom. The van der Waals surface area contributed by atoms with Gasteiger partial charge in [-0.3, -0.25) is 4.90 Å². The predicted molar refractivity (Wildman–Crippen MR) is 90.4 cm³/mol. The van der Waals surface area contributed by atoms with Crippen molar-refractivity contribution < 1.29 is 9.13 Å². The molecule has 0 aliphatic carbocycles. The number of ether oxygens (including phenoxy) is 1. The van der Waals surface area contributed by atoms with Crippen LogP contribution in [0.1, 0.15) is 22.7 Å². The average molecular weight is 314 g/mol. The molecule has 3 rings (SSSR count). The predicted octanol–water partition coefficient (Wildman–Crippen LogP) is 3.14. The van der Waals surface area contributed by atoms with E-state index in [2.05, 4.69) is 29.3 Å². The summed E-state index contributed by atoms with van der Waals surface area (Å²) in [6.07, 6.45) is 0. The summed E-state index contributed by atoms with van der Waals surface area (Å²) in [6.45, 7) is 5.85. The number of nitrogens with one attached hydrogen (secondary N) is 1. The van der Waals surface area contributed by atoms with Crippen LogP contribution in [0.3, 0.4) is 0 Å². The highest BCUT2D eigenvalue weighted by Crippen LogP contribution is 2.36. The van der Waals surface area contributed by atoms with E-state index in [-0.39, 0.29) is 11.9 Å². The Hall–Kier alpha value is -1.91. The summed E-state index contributed by atoms with van der Waals surface area (Å²) in [5, 5.41) is 3.38. The van der Waals surface area contributed by atoms with E-state index in [1.807, 2.05) is 12.1 Å². The van der Waals surface area contributed by atoms with Gasteiger partial charge in [-0.25, -0.2) is 4.39 Å². The molecule has 0 spiro atoms. The Morgan fingerprint density at radius 1 is 1.09 bits per heavy atom. The van der Waals surface area contributed by atoms with E-state index in [9.17, 15) is 4.39 Å². The van der Waals surface area contributed by atoms with Gasteiger partial charge in [0.05, 0.1) is 13.2 Å². The molecular formula is C19H23FN2O. The van der Waals surface area contributed by atoms with Crippen molar-refractivity contribution in [1.29, 1.82) is 0 Å². The highest BCUT2D eigenvalue weighted by molar-refractivity contribution is 5.44. The third-order valence-electron chi connectivity index (χ3n) is 4.49. The fourth-order valence-corrected chi connectivity index (χ4v) is 3.31. The zero-order valence-electron chi connectivity index (χ0n) is 13.7. The standard InChI is InChI=1S/C19H23FN2O/c1-14-5-3-4-6-16(14)19(22-11-9-21-10-12-22)17-13-15(20)7-8-18(17)23-2/h3-8,13,19,21H,9-12H2,1-2H3. The van der Waals surface area contributed by atoms with Crippen molar-refractivity contribution in [2.24, 2.45) is 0 Å². The Labute approximate surface area is 137 Å². The van der Waals surface area contributed by atoms with Gasteiger partial charge in [0.25, 0.3) is 0 Å². The molecule has 1 N–H and O–H groups in total. The number of aryl methyl sites for hydroxylation is 1. The molecule has 4 heteroatoms. The molecule has 1 atom stereocenters. The van der Waals surface area contributed by atoms with Crippen molar-refractivity contribution in [3.63, 3.8) is 0 Å². The Bertz CT molecular complexity index is 668. The van der Waals surface area contributed by atoms with Crippen molar-refractivity contribution in [2.75, 3.05) is 33.3 Å². The zero-order valence-corrected chi connectivity index (χ0v) is 13.7. The van der Waals surface area contributed by atoms with Gasteiger partial charge < -0.3 is 10.1 Å². The average Bonchev–Trinajstić information content (AvgIpc) is 2.58. The first kappa shape index (κ1) is 16.0. The molecule has 1 aliphatic rings. The molecule has 0 bridgehead atoms. The summed E-state index contributed by atoms with van der Waals surface area (Å²) >= 11 is 0. The third-order valence-corrected chi connectivity index (χ3v) is 4.49. The summed E-state index contributed by atoms with van der Waals surface area (Å²) < 4.78 is 19.5. The molecule has 1 fully saturated rings. The van der Waals surface area contributed by atoms with Crippen molar-refractivity contribution in [3.8, 4) is 5.75 Å². The molecule has 3 nitrogen and oxygen atoms in total. The van der Waals surface area contributed by atoms with Gasteiger partial charge in [0, 0.05) is 31.7 Å². The van der Waals surface area contributed by atoms with Crippen molar-refractivity contribution in [3.05, 3.63) is 65.0 Å². The number of piperazine rings is 1. The highest BCUT2D eigenvalue weighted by Gasteiger charge is 2.27. The van der Waals surface area contributed by atoms with Crippen LogP contribution in [0.5, 0.6) is 5.75 Å². The van der Waals surface area contributed by atoms with Gasteiger partial charge in [0.1, 0.15) is 11.6 Å². The number of methoxy groups -OCH3 is 1. The van der Waals surface area contributed by atoms with Crippen LogP contribution in [-0.2, 0) is 0 Å². The topological polar surface area (TPSA) is 24.5 Å². The molecule has 0 amide bonds. The molecular weight excluding hydrogens is 291 g/mol. The van der Waals surface area contributed by atoms with E-state index in [0.29, 0.717) is 0 Å². The van der Waals surface area contributed by atoms with E-state index in [1.54, 1.807) is 19.2 Å². The summed E-state index contributed by atoms with van der Waals surface area (Å²) in [7, 11) is 1.64. The molecule has 1 heterocycles. The minimum atomic E-state index is -0.227. The molecule has 1 aliphatic heterocycles. The number of hydrogen-bond donors (Lipinski definition) is 1. The lowest BCUT2D eigenvalue weighted by Gasteiger charge is -2.36. The molecule has 2 aromatic carbocycles. The number of nitrogens with zero attached hydrogens (tertiary/aromatic N) is 1. The van der Waals surface area contributed by atoms with Gasteiger partial charge in [-0.2, -0.15) is 0 Å². The minimum absolute atomic E-state index is 0.00366. The van der Waals surface area contributed by atoms with E-state index in [1.165, 1.54) is 17.2 Å². The first-order chi connectivity index (χ1) is 11.2. The highest BCUT2D eigenvalue weighted by atomic mass is 19.1. The zero-order chi connectivity index (χ0) is 16.2. The molecule has 0 radical (unpaired) electrons. The van der Waals surface area contributed by atoms with Gasteiger partial charge in [-0.05, 0) is 36.2 Å². The van der Waals surface area contributed by atoms with Crippen LogP contribution in [0.25, 0.3) is 0 Å². The van der Waals surface area contributed by atoms with Crippen LogP contribution >= 0.6 is 0 Å². The molecule has 1 saturated heterocycles. The lowest BCUT2D eigenvalue weighted by molar-refractivity contribution is 0.194. The van der Waals surface area contributed by atoms with Crippen LogP contribution in [-0.4, -0.2) is 38.2 Å². The van der Waals surface area contributed by atoms with Gasteiger partial charge in [0.15, 0.2) is 0 Å².